The van der Waals surface area contributed by atoms with Gasteiger partial charge in [0.1, 0.15) is 6.04 Å². The molecule has 0 bridgehead atoms. The van der Waals surface area contributed by atoms with Crippen molar-refractivity contribution in [2.24, 2.45) is 0 Å². The minimum absolute atomic E-state index is 0.279. The number of urea groups is 1. The van der Waals surface area contributed by atoms with Gasteiger partial charge in [0.05, 0.1) is 0 Å². The van der Waals surface area contributed by atoms with Crippen molar-refractivity contribution in [3.05, 3.63) is 71.9 Å². The van der Waals surface area contributed by atoms with Gasteiger partial charge in [0.25, 0.3) is 5.91 Å². The van der Waals surface area contributed by atoms with Gasteiger partial charge in [0, 0.05) is 16.9 Å². The number of carbonyl (C=O) groups is 2. The van der Waals surface area contributed by atoms with Gasteiger partial charge in [-0.2, -0.15) is 4.98 Å². The van der Waals surface area contributed by atoms with Gasteiger partial charge >= 0.3 is 6.03 Å². The van der Waals surface area contributed by atoms with Crippen LogP contribution in [-0.2, 0) is 0 Å². The number of nitrogens with one attached hydrogen (secondary N) is 3. The Morgan fingerprint density at radius 2 is 1.59 bits per heavy atom. The summed E-state index contributed by atoms with van der Waals surface area (Å²) in [5.74, 6) is 0.575. The van der Waals surface area contributed by atoms with Crippen molar-refractivity contribution >= 4 is 23.3 Å². The average molecular weight is 365 g/mol. The maximum Gasteiger partial charge on any atom is 0.323 e. The lowest BCUT2D eigenvalue weighted by Gasteiger charge is -2.11. The van der Waals surface area contributed by atoms with Gasteiger partial charge in [0.2, 0.25) is 5.89 Å². The molecule has 0 fully saturated rings. The predicted molar refractivity (Wildman–Crippen MR) is 100 cm³/mol. The molecular formula is C19H19N5O3. The zero-order chi connectivity index (χ0) is 19.2. The van der Waals surface area contributed by atoms with E-state index in [9.17, 15) is 9.59 Å². The molecule has 1 aromatic heterocycles. The van der Waals surface area contributed by atoms with Gasteiger partial charge in [-0.15, -0.1) is 0 Å². The average Bonchev–Trinajstić information content (AvgIpc) is 3.09. The van der Waals surface area contributed by atoms with Crippen LogP contribution in [-0.4, -0.2) is 22.1 Å². The number of anilines is 2. The van der Waals surface area contributed by atoms with Crippen LogP contribution in [0.4, 0.5) is 16.2 Å². The van der Waals surface area contributed by atoms with Gasteiger partial charge in [0.15, 0.2) is 5.82 Å². The lowest BCUT2D eigenvalue weighted by atomic mass is 10.2. The number of benzene rings is 2. The number of hydrogen-bond acceptors (Lipinski definition) is 5. The van der Waals surface area contributed by atoms with E-state index in [1.807, 2.05) is 18.2 Å². The summed E-state index contributed by atoms with van der Waals surface area (Å²) in [5, 5.41) is 11.9. The molecule has 0 saturated heterocycles. The summed E-state index contributed by atoms with van der Waals surface area (Å²) in [6, 6.07) is 14.9. The van der Waals surface area contributed by atoms with E-state index < -0.39 is 6.04 Å². The summed E-state index contributed by atoms with van der Waals surface area (Å²) in [6.45, 7) is 3.47. The molecule has 138 valence electrons. The minimum atomic E-state index is -0.409. The zero-order valence-electron chi connectivity index (χ0n) is 14.9. The molecule has 1 unspecified atom stereocenters. The van der Waals surface area contributed by atoms with Crippen LogP contribution in [0.2, 0.25) is 0 Å². The van der Waals surface area contributed by atoms with E-state index in [0.29, 0.717) is 28.7 Å². The summed E-state index contributed by atoms with van der Waals surface area (Å²) in [6.07, 6.45) is 0. The van der Waals surface area contributed by atoms with Crippen LogP contribution in [0, 0.1) is 6.92 Å². The molecule has 8 nitrogen and oxygen atoms in total. The monoisotopic (exact) mass is 365 g/mol. The van der Waals surface area contributed by atoms with Crippen LogP contribution in [0.15, 0.2) is 59.1 Å². The Balaban J connectivity index is 1.56. The first-order valence-corrected chi connectivity index (χ1v) is 8.35. The lowest BCUT2D eigenvalue weighted by molar-refractivity contribution is 0.0932. The highest BCUT2D eigenvalue weighted by Crippen LogP contribution is 2.14. The zero-order valence-corrected chi connectivity index (χ0v) is 14.9. The summed E-state index contributed by atoms with van der Waals surface area (Å²) in [7, 11) is 0. The number of aromatic nitrogens is 2. The highest BCUT2D eigenvalue weighted by atomic mass is 16.5. The molecule has 0 aliphatic heterocycles. The highest BCUT2D eigenvalue weighted by Gasteiger charge is 2.16. The summed E-state index contributed by atoms with van der Waals surface area (Å²) in [4.78, 5) is 28.4. The Hall–Kier alpha value is -3.68. The standard InChI is InChI=1S/C19H19N5O3/c1-12(18-21-13(2)24-27-18)20-17(25)14-8-10-16(11-9-14)23-19(26)22-15-6-4-3-5-7-15/h3-12H,1-2H3,(H,20,25)(H2,22,23,26). The van der Waals surface area contributed by atoms with Crippen molar-refractivity contribution in [3.63, 3.8) is 0 Å². The number of nitrogens with zero attached hydrogens (tertiary/aromatic N) is 2. The second-order valence-electron chi connectivity index (χ2n) is 5.90. The SMILES string of the molecule is Cc1noc(C(C)NC(=O)c2ccc(NC(=O)Nc3ccccc3)cc2)n1. The van der Waals surface area contributed by atoms with Crippen LogP contribution in [0.5, 0.6) is 0 Å². The third-order valence-corrected chi connectivity index (χ3v) is 3.70. The fraction of sp³-hybridized carbons (Fsp3) is 0.158. The third-order valence-electron chi connectivity index (χ3n) is 3.70. The van der Waals surface area contributed by atoms with E-state index in [4.69, 9.17) is 4.52 Å². The van der Waals surface area contributed by atoms with Crippen LogP contribution < -0.4 is 16.0 Å². The first-order valence-electron chi connectivity index (χ1n) is 8.35. The van der Waals surface area contributed by atoms with E-state index >= 15 is 0 Å². The van der Waals surface area contributed by atoms with Crippen molar-refractivity contribution in [2.75, 3.05) is 10.6 Å². The molecule has 2 aromatic carbocycles. The van der Waals surface area contributed by atoms with E-state index in [0.717, 1.165) is 0 Å². The maximum absolute atomic E-state index is 12.3. The lowest BCUT2D eigenvalue weighted by Crippen LogP contribution is -2.27. The number of rotatable bonds is 5. The first kappa shape index (κ1) is 18.1. The van der Waals surface area contributed by atoms with E-state index in [1.165, 1.54) is 0 Å². The van der Waals surface area contributed by atoms with Gasteiger partial charge < -0.3 is 20.5 Å². The number of hydrogen-bond donors (Lipinski definition) is 3. The molecule has 3 N–H and O–H groups in total. The van der Waals surface area contributed by atoms with Crippen LogP contribution >= 0.6 is 0 Å². The van der Waals surface area contributed by atoms with E-state index in [1.54, 1.807) is 50.2 Å². The maximum atomic E-state index is 12.3. The Bertz CT molecular complexity index is 922. The molecule has 0 radical (unpaired) electrons. The number of amides is 3. The molecule has 0 aliphatic carbocycles. The van der Waals surface area contributed by atoms with Crippen molar-refractivity contribution in [1.82, 2.24) is 15.5 Å². The Morgan fingerprint density at radius 3 is 2.19 bits per heavy atom. The predicted octanol–water partition coefficient (Wildman–Crippen LogP) is 3.51. The van der Waals surface area contributed by atoms with Crippen LogP contribution in [0.25, 0.3) is 0 Å². The molecule has 8 heteroatoms. The third kappa shape index (κ3) is 4.91. The van der Waals surface area contributed by atoms with Gasteiger partial charge in [-0.05, 0) is 50.2 Å². The Labute approximate surface area is 156 Å². The fourth-order valence-corrected chi connectivity index (χ4v) is 2.35. The molecular weight excluding hydrogens is 346 g/mol. The second-order valence-corrected chi connectivity index (χ2v) is 5.90. The first-order chi connectivity index (χ1) is 13.0. The molecule has 1 atom stereocenters. The summed E-state index contributed by atoms with van der Waals surface area (Å²) >= 11 is 0. The van der Waals surface area contributed by atoms with Crippen LogP contribution in [0.3, 0.4) is 0 Å². The largest absolute Gasteiger partial charge is 0.341 e. The van der Waals surface area contributed by atoms with Crippen molar-refractivity contribution in [2.45, 2.75) is 19.9 Å². The van der Waals surface area contributed by atoms with E-state index in [2.05, 4.69) is 26.1 Å². The van der Waals surface area contributed by atoms with Crippen molar-refractivity contribution in [3.8, 4) is 0 Å². The number of carbonyl (C=O) groups excluding carboxylic acids is 2. The smallest absolute Gasteiger partial charge is 0.323 e. The number of aryl methyl sites for hydroxylation is 1. The molecule has 27 heavy (non-hydrogen) atoms. The molecule has 3 amide bonds. The summed E-state index contributed by atoms with van der Waals surface area (Å²) in [5.41, 5.74) is 1.71. The van der Waals surface area contributed by atoms with E-state index in [-0.39, 0.29) is 11.9 Å². The van der Waals surface area contributed by atoms with Gasteiger partial charge in [-0.1, -0.05) is 23.4 Å². The van der Waals surface area contributed by atoms with Gasteiger partial charge in [-0.3, -0.25) is 4.79 Å². The molecule has 0 saturated carbocycles. The molecule has 1 heterocycles. The molecule has 0 spiro atoms. The highest BCUT2D eigenvalue weighted by molar-refractivity contribution is 6.00. The minimum Gasteiger partial charge on any atom is -0.341 e. The second kappa shape index (κ2) is 8.13. The molecule has 3 aromatic rings. The van der Waals surface area contributed by atoms with Crippen LogP contribution in [0.1, 0.15) is 35.0 Å². The number of para-hydroxylation sites is 1. The quantitative estimate of drug-likeness (QED) is 0.641. The van der Waals surface area contributed by atoms with Crippen molar-refractivity contribution < 1.29 is 14.1 Å². The normalized spacial score (nSPS) is 11.5. The Morgan fingerprint density at radius 1 is 0.963 bits per heavy atom. The molecule has 3 rings (SSSR count). The Kier molecular flexibility index (Phi) is 5.46. The van der Waals surface area contributed by atoms with Gasteiger partial charge in [-0.25, -0.2) is 4.79 Å². The topological polar surface area (TPSA) is 109 Å². The summed E-state index contributed by atoms with van der Waals surface area (Å²) < 4.78 is 5.04. The fourth-order valence-electron chi connectivity index (χ4n) is 2.35. The molecule has 0 aliphatic rings. The van der Waals surface area contributed by atoms with Crippen molar-refractivity contribution in [1.29, 1.82) is 0 Å².